The summed E-state index contributed by atoms with van der Waals surface area (Å²) in [5, 5.41) is 12.6. The smallest absolute Gasteiger partial charge is 0.0434 e. The SMILES string of the molecule is CCCC(CCO)CNC1CCCC1. The number of aliphatic hydroxyl groups is 1. The van der Waals surface area contributed by atoms with Crippen molar-refractivity contribution in [2.75, 3.05) is 13.2 Å². The van der Waals surface area contributed by atoms with E-state index in [-0.39, 0.29) is 0 Å². The molecule has 0 saturated heterocycles. The molecule has 0 aromatic heterocycles. The van der Waals surface area contributed by atoms with Crippen LogP contribution in [-0.2, 0) is 0 Å². The topological polar surface area (TPSA) is 32.3 Å². The van der Waals surface area contributed by atoms with Crippen LogP contribution in [0.1, 0.15) is 51.9 Å². The summed E-state index contributed by atoms with van der Waals surface area (Å²) in [6.45, 7) is 3.68. The molecule has 0 aromatic rings. The lowest BCUT2D eigenvalue weighted by molar-refractivity contribution is 0.245. The summed E-state index contributed by atoms with van der Waals surface area (Å²) in [5.41, 5.74) is 0. The van der Waals surface area contributed by atoms with Crippen molar-refractivity contribution in [3.63, 3.8) is 0 Å². The third kappa shape index (κ3) is 4.43. The molecule has 0 radical (unpaired) electrons. The van der Waals surface area contributed by atoms with Gasteiger partial charge in [-0.15, -0.1) is 0 Å². The summed E-state index contributed by atoms with van der Waals surface area (Å²) in [6, 6.07) is 0.771. The molecular formula is C12H25NO. The molecule has 2 nitrogen and oxygen atoms in total. The van der Waals surface area contributed by atoms with Gasteiger partial charge in [0.05, 0.1) is 0 Å². The van der Waals surface area contributed by atoms with Crippen LogP contribution in [0, 0.1) is 5.92 Å². The number of hydrogen-bond acceptors (Lipinski definition) is 2. The van der Waals surface area contributed by atoms with Gasteiger partial charge in [0, 0.05) is 12.6 Å². The molecule has 1 atom stereocenters. The van der Waals surface area contributed by atoms with E-state index in [1.54, 1.807) is 0 Å². The number of nitrogens with one attached hydrogen (secondary N) is 1. The highest BCUT2D eigenvalue weighted by Gasteiger charge is 2.15. The number of hydrogen-bond donors (Lipinski definition) is 2. The Balaban J connectivity index is 2.10. The van der Waals surface area contributed by atoms with Crippen molar-refractivity contribution in [2.45, 2.75) is 57.9 Å². The van der Waals surface area contributed by atoms with E-state index >= 15 is 0 Å². The first-order chi connectivity index (χ1) is 6.86. The van der Waals surface area contributed by atoms with Crippen molar-refractivity contribution in [2.24, 2.45) is 5.92 Å². The van der Waals surface area contributed by atoms with Crippen molar-refractivity contribution in [1.82, 2.24) is 5.32 Å². The highest BCUT2D eigenvalue weighted by Crippen LogP contribution is 2.18. The Morgan fingerprint density at radius 3 is 2.57 bits per heavy atom. The number of rotatable bonds is 7. The minimum absolute atomic E-state index is 0.344. The van der Waals surface area contributed by atoms with Gasteiger partial charge in [-0.2, -0.15) is 0 Å². The summed E-state index contributed by atoms with van der Waals surface area (Å²) in [7, 11) is 0. The van der Waals surface area contributed by atoms with E-state index in [9.17, 15) is 0 Å². The first kappa shape index (κ1) is 12.0. The van der Waals surface area contributed by atoms with Gasteiger partial charge in [-0.1, -0.05) is 26.2 Å². The largest absolute Gasteiger partial charge is 0.396 e. The fraction of sp³-hybridized carbons (Fsp3) is 1.00. The lowest BCUT2D eigenvalue weighted by atomic mass is 10.00. The predicted molar refractivity (Wildman–Crippen MR) is 60.4 cm³/mol. The van der Waals surface area contributed by atoms with Gasteiger partial charge in [-0.3, -0.25) is 0 Å². The summed E-state index contributed by atoms with van der Waals surface area (Å²) in [5.74, 6) is 0.686. The molecule has 0 amide bonds. The maximum absolute atomic E-state index is 8.93. The number of aliphatic hydroxyl groups excluding tert-OH is 1. The van der Waals surface area contributed by atoms with Crippen molar-refractivity contribution >= 4 is 0 Å². The van der Waals surface area contributed by atoms with Gasteiger partial charge in [0.2, 0.25) is 0 Å². The lowest BCUT2D eigenvalue weighted by Crippen LogP contribution is -2.31. The average Bonchev–Trinajstić information content (AvgIpc) is 2.67. The summed E-state index contributed by atoms with van der Waals surface area (Å²) >= 11 is 0. The molecule has 0 heterocycles. The molecule has 14 heavy (non-hydrogen) atoms. The van der Waals surface area contributed by atoms with E-state index in [1.165, 1.54) is 38.5 Å². The zero-order valence-electron chi connectivity index (χ0n) is 9.47. The molecular weight excluding hydrogens is 174 g/mol. The molecule has 1 aliphatic carbocycles. The van der Waals surface area contributed by atoms with Gasteiger partial charge >= 0.3 is 0 Å². The summed E-state index contributed by atoms with van der Waals surface area (Å²) < 4.78 is 0. The highest BCUT2D eigenvalue weighted by molar-refractivity contribution is 4.75. The maximum atomic E-state index is 8.93. The fourth-order valence-electron chi connectivity index (χ4n) is 2.40. The second-order valence-electron chi connectivity index (χ2n) is 4.56. The average molecular weight is 199 g/mol. The van der Waals surface area contributed by atoms with Crippen LogP contribution < -0.4 is 5.32 Å². The zero-order valence-corrected chi connectivity index (χ0v) is 9.47. The van der Waals surface area contributed by atoms with Gasteiger partial charge in [0.1, 0.15) is 0 Å². The Kier molecular flexibility index (Phi) is 6.20. The van der Waals surface area contributed by atoms with E-state index in [2.05, 4.69) is 12.2 Å². The van der Waals surface area contributed by atoms with Crippen molar-refractivity contribution in [3.05, 3.63) is 0 Å². The van der Waals surface area contributed by atoms with Crippen molar-refractivity contribution < 1.29 is 5.11 Å². The second-order valence-corrected chi connectivity index (χ2v) is 4.56. The van der Waals surface area contributed by atoms with Gasteiger partial charge in [-0.05, 0) is 38.1 Å². The molecule has 1 aliphatic rings. The molecule has 84 valence electrons. The molecule has 1 saturated carbocycles. The standard InChI is InChI=1S/C12H25NO/c1-2-5-11(8-9-14)10-13-12-6-3-4-7-12/h11-14H,2-10H2,1H3. The van der Waals surface area contributed by atoms with Crippen LogP contribution in [0.25, 0.3) is 0 Å². The first-order valence-corrected chi connectivity index (χ1v) is 6.21. The fourth-order valence-corrected chi connectivity index (χ4v) is 2.40. The van der Waals surface area contributed by atoms with Crippen LogP contribution in [0.15, 0.2) is 0 Å². The van der Waals surface area contributed by atoms with Crippen molar-refractivity contribution in [3.8, 4) is 0 Å². The Morgan fingerprint density at radius 2 is 2.00 bits per heavy atom. The minimum atomic E-state index is 0.344. The molecule has 0 bridgehead atoms. The van der Waals surface area contributed by atoms with Gasteiger partial charge in [-0.25, -0.2) is 0 Å². The molecule has 1 fully saturated rings. The maximum Gasteiger partial charge on any atom is 0.0434 e. The molecule has 0 aromatic carbocycles. The van der Waals surface area contributed by atoms with Crippen LogP contribution in [-0.4, -0.2) is 24.3 Å². The Bertz CT molecular complexity index is 126. The first-order valence-electron chi connectivity index (χ1n) is 6.21. The highest BCUT2D eigenvalue weighted by atomic mass is 16.3. The van der Waals surface area contributed by atoms with Gasteiger partial charge < -0.3 is 10.4 Å². The van der Waals surface area contributed by atoms with E-state index in [4.69, 9.17) is 5.11 Å². The Labute approximate surface area is 88.1 Å². The molecule has 2 heteroatoms. The summed E-state index contributed by atoms with van der Waals surface area (Å²) in [4.78, 5) is 0. The third-order valence-corrected chi connectivity index (χ3v) is 3.28. The summed E-state index contributed by atoms with van der Waals surface area (Å²) in [6.07, 6.45) is 8.97. The second kappa shape index (κ2) is 7.24. The molecule has 1 unspecified atom stereocenters. The van der Waals surface area contributed by atoms with E-state index < -0.39 is 0 Å². The minimum Gasteiger partial charge on any atom is -0.396 e. The third-order valence-electron chi connectivity index (χ3n) is 3.28. The Morgan fingerprint density at radius 1 is 1.29 bits per heavy atom. The quantitative estimate of drug-likeness (QED) is 0.659. The van der Waals surface area contributed by atoms with Crippen LogP contribution in [0.4, 0.5) is 0 Å². The van der Waals surface area contributed by atoms with Crippen LogP contribution >= 0.6 is 0 Å². The molecule has 2 N–H and O–H groups in total. The van der Waals surface area contributed by atoms with Crippen molar-refractivity contribution in [1.29, 1.82) is 0 Å². The van der Waals surface area contributed by atoms with Crippen LogP contribution in [0.2, 0.25) is 0 Å². The molecule has 0 aliphatic heterocycles. The normalized spacial score (nSPS) is 20.1. The molecule has 0 spiro atoms. The van der Waals surface area contributed by atoms with Gasteiger partial charge in [0.15, 0.2) is 0 Å². The monoisotopic (exact) mass is 199 g/mol. The van der Waals surface area contributed by atoms with Crippen LogP contribution in [0.5, 0.6) is 0 Å². The lowest BCUT2D eigenvalue weighted by Gasteiger charge is -2.19. The zero-order chi connectivity index (χ0) is 10.2. The van der Waals surface area contributed by atoms with Gasteiger partial charge in [0.25, 0.3) is 0 Å². The van der Waals surface area contributed by atoms with E-state index in [0.29, 0.717) is 12.5 Å². The van der Waals surface area contributed by atoms with Crippen LogP contribution in [0.3, 0.4) is 0 Å². The van der Waals surface area contributed by atoms with E-state index in [1.807, 2.05) is 0 Å². The Hall–Kier alpha value is -0.0800. The predicted octanol–water partition coefficient (Wildman–Crippen LogP) is 2.32. The van der Waals surface area contributed by atoms with E-state index in [0.717, 1.165) is 19.0 Å². The molecule has 1 rings (SSSR count).